The Bertz CT molecular complexity index is 491. The number of aromatic nitrogens is 3. The van der Waals surface area contributed by atoms with Gasteiger partial charge in [-0.2, -0.15) is 5.10 Å². The maximum atomic E-state index is 4.47. The molecule has 1 aromatic carbocycles. The highest BCUT2D eigenvalue weighted by molar-refractivity contribution is 7.98. The second-order valence-electron chi connectivity index (χ2n) is 3.60. The molecular formula is C12H13N3S. The minimum atomic E-state index is 0.708. The lowest BCUT2D eigenvalue weighted by Gasteiger charge is -2.08. The fourth-order valence-corrected chi connectivity index (χ4v) is 2.03. The standard InChI is InChI=1S/C12H13N3S/c1-8-5-4-6-9(2)11(8)10-7-13-15-12(14-10)16-3/h4-7H,1-3H3. The largest absolute Gasteiger partial charge is 0.219 e. The summed E-state index contributed by atoms with van der Waals surface area (Å²) in [5.41, 5.74) is 4.49. The summed E-state index contributed by atoms with van der Waals surface area (Å²) >= 11 is 1.50. The van der Waals surface area contributed by atoms with E-state index >= 15 is 0 Å². The Labute approximate surface area is 99.3 Å². The molecule has 0 bridgehead atoms. The summed E-state index contributed by atoms with van der Waals surface area (Å²) in [6.45, 7) is 4.17. The molecule has 0 atom stereocenters. The minimum absolute atomic E-state index is 0.708. The van der Waals surface area contributed by atoms with Crippen molar-refractivity contribution in [1.29, 1.82) is 0 Å². The van der Waals surface area contributed by atoms with Gasteiger partial charge in [0.2, 0.25) is 5.16 Å². The molecule has 0 aliphatic rings. The maximum Gasteiger partial charge on any atom is 0.209 e. The zero-order valence-corrected chi connectivity index (χ0v) is 10.4. The van der Waals surface area contributed by atoms with E-state index in [1.165, 1.54) is 22.9 Å². The zero-order valence-electron chi connectivity index (χ0n) is 9.56. The van der Waals surface area contributed by atoms with Gasteiger partial charge in [0.05, 0.1) is 11.9 Å². The predicted molar refractivity (Wildman–Crippen MR) is 66.5 cm³/mol. The summed E-state index contributed by atoms with van der Waals surface area (Å²) in [5, 5.41) is 8.63. The van der Waals surface area contributed by atoms with Crippen LogP contribution in [-0.4, -0.2) is 21.4 Å². The summed E-state index contributed by atoms with van der Waals surface area (Å²) in [4.78, 5) is 4.47. The molecule has 2 rings (SSSR count). The van der Waals surface area contributed by atoms with Crippen LogP contribution in [0.25, 0.3) is 11.3 Å². The van der Waals surface area contributed by atoms with E-state index in [9.17, 15) is 0 Å². The van der Waals surface area contributed by atoms with Crippen LogP contribution in [0.2, 0.25) is 0 Å². The number of hydrogen-bond donors (Lipinski definition) is 0. The molecule has 16 heavy (non-hydrogen) atoms. The van der Waals surface area contributed by atoms with Crippen molar-refractivity contribution < 1.29 is 0 Å². The average molecular weight is 231 g/mol. The quantitative estimate of drug-likeness (QED) is 0.745. The summed E-state index contributed by atoms with van der Waals surface area (Å²) in [5.74, 6) is 0. The van der Waals surface area contributed by atoms with Gasteiger partial charge in [0.1, 0.15) is 0 Å². The molecular weight excluding hydrogens is 218 g/mol. The van der Waals surface area contributed by atoms with Crippen LogP contribution in [-0.2, 0) is 0 Å². The first-order valence-electron chi connectivity index (χ1n) is 5.02. The van der Waals surface area contributed by atoms with Crippen molar-refractivity contribution >= 4 is 11.8 Å². The van der Waals surface area contributed by atoms with Crippen molar-refractivity contribution in [1.82, 2.24) is 15.2 Å². The molecule has 82 valence electrons. The van der Waals surface area contributed by atoms with E-state index in [4.69, 9.17) is 0 Å². The lowest BCUT2D eigenvalue weighted by atomic mass is 10.0. The van der Waals surface area contributed by atoms with Crippen molar-refractivity contribution in [3.05, 3.63) is 35.5 Å². The molecule has 0 radical (unpaired) electrons. The van der Waals surface area contributed by atoms with Crippen LogP contribution >= 0.6 is 11.8 Å². The second kappa shape index (κ2) is 4.61. The first-order chi connectivity index (χ1) is 7.72. The predicted octanol–water partition coefficient (Wildman–Crippen LogP) is 2.88. The highest BCUT2D eigenvalue weighted by atomic mass is 32.2. The van der Waals surface area contributed by atoms with E-state index in [1.807, 2.05) is 6.26 Å². The summed E-state index contributed by atoms with van der Waals surface area (Å²) in [6.07, 6.45) is 3.67. The minimum Gasteiger partial charge on any atom is -0.219 e. The maximum absolute atomic E-state index is 4.47. The Balaban J connectivity index is 2.58. The van der Waals surface area contributed by atoms with Gasteiger partial charge in [0.25, 0.3) is 0 Å². The van der Waals surface area contributed by atoms with Gasteiger partial charge >= 0.3 is 0 Å². The van der Waals surface area contributed by atoms with Crippen molar-refractivity contribution in [3.8, 4) is 11.3 Å². The van der Waals surface area contributed by atoms with E-state index in [1.54, 1.807) is 6.20 Å². The van der Waals surface area contributed by atoms with Crippen LogP contribution in [0, 0.1) is 13.8 Å². The van der Waals surface area contributed by atoms with Gasteiger partial charge in [-0.1, -0.05) is 30.0 Å². The fourth-order valence-electron chi connectivity index (χ4n) is 1.71. The van der Waals surface area contributed by atoms with Crippen molar-refractivity contribution in [2.24, 2.45) is 0 Å². The Hall–Kier alpha value is -1.42. The number of hydrogen-bond acceptors (Lipinski definition) is 4. The van der Waals surface area contributed by atoms with Gasteiger partial charge in [-0.05, 0) is 31.2 Å². The number of benzene rings is 1. The molecule has 0 N–H and O–H groups in total. The van der Waals surface area contributed by atoms with Gasteiger partial charge < -0.3 is 0 Å². The molecule has 0 unspecified atom stereocenters. The second-order valence-corrected chi connectivity index (χ2v) is 4.37. The van der Waals surface area contributed by atoms with Crippen LogP contribution in [0.15, 0.2) is 29.6 Å². The number of aryl methyl sites for hydroxylation is 2. The van der Waals surface area contributed by atoms with E-state index in [0.29, 0.717) is 5.16 Å². The van der Waals surface area contributed by atoms with E-state index in [2.05, 4.69) is 47.2 Å². The molecule has 0 aliphatic heterocycles. The number of rotatable bonds is 2. The Morgan fingerprint density at radius 3 is 2.44 bits per heavy atom. The highest BCUT2D eigenvalue weighted by Gasteiger charge is 2.08. The molecule has 1 heterocycles. The third-order valence-electron chi connectivity index (χ3n) is 2.46. The van der Waals surface area contributed by atoms with Gasteiger partial charge in [-0.3, -0.25) is 0 Å². The number of thioether (sulfide) groups is 1. The highest BCUT2D eigenvalue weighted by Crippen LogP contribution is 2.25. The zero-order chi connectivity index (χ0) is 11.5. The topological polar surface area (TPSA) is 38.7 Å². The summed E-state index contributed by atoms with van der Waals surface area (Å²) in [7, 11) is 0. The molecule has 0 spiro atoms. The first-order valence-corrected chi connectivity index (χ1v) is 6.25. The SMILES string of the molecule is CSc1nncc(-c2c(C)cccc2C)n1. The summed E-state index contributed by atoms with van der Waals surface area (Å²) < 4.78 is 0. The summed E-state index contributed by atoms with van der Waals surface area (Å²) in [6, 6.07) is 6.23. The lowest BCUT2D eigenvalue weighted by Crippen LogP contribution is -1.96. The van der Waals surface area contributed by atoms with Crippen molar-refractivity contribution in [2.75, 3.05) is 6.26 Å². The Kier molecular flexibility index (Phi) is 3.19. The average Bonchev–Trinajstić information content (AvgIpc) is 2.29. The van der Waals surface area contributed by atoms with Crippen LogP contribution in [0.1, 0.15) is 11.1 Å². The van der Waals surface area contributed by atoms with Crippen LogP contribution in [0.5, 0.6) is 0 Å². The monoisotopic (exact) mass is 231 g/mol. The molecule has 0 saturated carbocycles. The van der Waals surface area contributed by atoms with Gasteiger partial charge in [-0.15, -0.1) is 5.10 Å². The van der Waals surface area contributed by atoms with Crippen molar-refractivity contribution in [3.63, 3.8) is 0 Å². The Morgan fingerprint density at radius 2 is 1.81 bits per heavy atom. The van der Waals surface area contributed by atoms with Crippen LogP contribution in [0.3, 0.4) is 0 Å². The van der Waals surface area contributed by atoms with Crippen LogP contribution in [0.4, 0.5) is 0 Å². The molecule has 0 saturated heterocycles. The van der Waals surface area contributed by atoms with Crippen LogP contribution < -0.4 is 0 Å². The first kappa shape index (κ1) is 11.1. The van der Waals surface area contributed by atoms with Gasteiger partial charge in [0, 0.05) is 5.56 Å². The lowest BCUT2D eigenvalue weighted by molar-refractivity contribution is 0.845. The van der Waals surface area contributed by atoms with E-state index < -0.39 is 0 Å². The van der Waals surface area contributed by atoms with E-state index in [-0.39, 0.29) is 0 Å². The molecule has 3 nitrogen and oxygen atoms in total. The van der Waals surface area contributed by atoms with Crippen molar-refractivity contribution in [2.45, 2.75) is 19.0 Å². The smallest absolute Gasteiger partial charge is 0.209 e. The Morgan fingerprint density at radius 1 is 1.12 bits per heavy atom. The molecule has 0 aliphatic carbocycles. The molecule has 1 aromatic heterocycles. The van der Waals surface area contributed by atoms with E-state index in [0.717, 1.165) is 11.3 Å². The fraction of sp³-hybridized carbons (Fsp3) is 0.250. The van der Waals surface area contributed by atoms with Gasteiger partial charge in [0.15, 0.2) is 0 Å². The molecule has 0 fully saturated rings. The third kappa shape index (κ3) is 2.07. The normalized spacial score (nSPS) is 10.4. The number of nitrogens with zero attached hydrogens (tertiary/aromatic N) is 3. The molecule has 4 heteroatoms. The third-order valence-corrected chi connectivity index (χ3v) is 3.00. The molecule has 2 aromatic rings. The molecule has 0 amide bonds. The van der Waals surface area contributed by atoms with Gasteiger partial charge in [-0.25, -0.2) is 4.98 Å².